The van der Waals surface area contributed by atoms with Gasteiger partial charge < -0.3 is 9.52 Å². The van der Waals surface area contributed by atoms with E-state index in [4.69, 9.17) is 9.52 Å². The van der Waals surface area contributed by atoms with E-state index in [0.29, 0.717) is 17.0 Å². The van der Waals surface area contributed by atoms with Gasteiger partial charge in [-0.1, -0.05) is 0 Å². The second-order valence-corrected chi connectivity index (χ2v) is 3.25. The van der Waals surface area contributed by atoms with E-state index in [1.54, 1.807) is 6.07 Å². The molecule has 2 aromatic rings. The fourth-order valence-electron chi connectivity index (χ4n) is 1.39. The normalized spacial score (nSPS) is 10.5. The first-order chi connectivity index (χ1) is 7.16. The highest BCUT2D eigenvalue weighted by molar-refractivity contribution is 5.73. The minimum Gasteiger partial charge on any atom is -0.481 e. The molecule has 0 aliphatic carbocycles. The quantitative estimate of drug-likeness (QED) is 0.799. The number of hydrogen-bond donors (Lipinski definition) is 2. The van der Waals surface area contributed by atoms with Gasteiger partial charge in [-0.2, -0.15) is 5.10 Å². The summed E-state index contributed by atoms with van der Waals surface area (Å²) >= 11 is 0. The molecule has 78 valence electrons. The molecule has 2 aromatic heterocycles. The van der Waals surface area contributed by atoms with Crippen LogP contribution in [0.25, 0.3) is 11.5 Å². The Hall–Kier alpha value is -2.04. The van der Waals surface area contributed by atoms with Gasteiger partial charge in [-0.15, -0.1) is 0 Å². The minimum atomic E-state index is -0.888. The topological polar surface area (TPSA) is 79.1 Å². The number of carbonyl (C=O) groups is 1. The first-order valence-electron chi connectivity index (χ1n) is 4.47. The van der Waals surface area contributed by atoms with Gasteiger partial charge in [0.1, 0.15) is 11.5 Å². The fourth-order valence-corrected chi connectivity index (χ4v) is 1.39. The average Bonchev–Trinajstić information content (AvgIpc) is 2.72. The number of hydrogen-bond acceptors (Lipinski definition) is 3. The first-order valence-corrected chi connectivity index (χ1v) is 4.47. The van der Waals surface area contributed by atoms with E-state index in [1.807, 2.05) is 13.0 Å². The second-order valence-electron chi connectivity index (χ2n) is 3.25. The van der Waals surface area contributed by atoms with Crippen LogP contribution in [0.15, 0.2) is 22.7 Å². The van der Waals surface area contributed by atoms with E-state index < -0.39 is 5.97 Å². The van der Waals surface area contributed by atoms with Crippen molar-refractivity contribution >= 4 is 5.97 Å². The molecule has 0 saturated carbocycles. The lowest BCUT2D eigenvalue weighted by molar-refractivity contribution is -0.136. The van der Waals surface area contributed by atoms with Crippen LogP contribution in [0.2, 0.25) is 0 Å². The Morgan fingerprint density at radius 3 is 3.00 bits per heavy atom. The summed E-state index contributed by atoms with van der Waals surface area (Å²) in [5.41, 5.74) is 1.25. The van der Waals surface area contributed by atoms with Crippen LogP contribution in [-0.4, -0.2) is 21.3 Å². The molecule has 0 radical (unpaired) electrons. The predicted molar refractivity (Wildman–Crippen MR) is 52.4 cm³/mol. The van der Waals surface area contributed by atoms with Crippen molar-refractivity contribution in [1.29, 1.82) is 0 Å². The summed E-state index contributed by atoms with van der Waals surface area (Å²) in [4.78, 5) is 10.6. The number of nitrogens with zero attached hydrogens (tertiary/aromatic N) is 1. The molecule has 0 aromatic carbocycles. The Morgan fingerprint density at radius 2 is 2.40 bits per heavy atom. The van der Waals surface area contributed by atoms with Crippen molar-refractivity contribution in [3.8, 4) is 11.5 Å². The van der Waals surface area contributed by atoms with Gasteiger partial charge in [-0.25, -0.2) is 0 Å². The van der Waals surface area contributed by atoms with Crippen LogP contribution in [0.4, 0.5) is 0 Å². The molecular formula is C10H10N2O3. The van der Waals surface area contributed by atoms with Crippen molar-refractivity contribution in [2.75, 3.05) is 0 Å². The summed E-state index contributed by atoms with van der Waals surface area (Å²) in [6.07, 6.45) is 1.44. The number of rotatable bonds is 3. The minimum absolute atomic E-state index is 0.0639. The third-order valence-electron chi connectivity index (χ3n) is 2.05. The number of furan rings is 1. The van der Waals surface area contributed by atoms with Crippen LogP contribution >= 0.6 is 0 Å². The number of aliphatic carboxylic acids is 1. The Morgan fingerprint density at radius 1 is 1.60 bits per heavy atom. The highest BCUT2D eigenvalue weighted by Crippen LogP contribution is 2.23. The molecule has 0 saturated heterocycles. The van der Waals surface area contributed by atoms with Crippen molar-refractivity contribution in [2.45, 2.75) is 13.3 Å². The molecule has 0 aliphatic rings. The van der Waals surface area contributed by atoms with Gasteiger partial charge in [0.15, 0.2) is 5.76 Å². The lowest BCUT2D eigenvalue weighted by Crippen LogP contribution is -1.99. The lowest BCUT2D eigenvalue weighted by Gasteiger charge is -1.96. The Kier molecular flexibility index (Phi) is 2.29. The fraction of sp³-hybridized carbons (Fsp3) is 0.200. The number of nitrogens with one attached hydrogen (secondary N) is 1. The summed E-state index contributed by atoms with van der Waals surface area (Å²) in [5, 5.41) is 15.2. The molecular weight excluding hydrogens is 196 g/mol. The number of aromatic amines is 1. The molecule has 0 unspecified atom stereocenters. The Labute approximate surface area is 85.7 Å². The van der Waals surface area contributed by atoms with Gasteiger partial charge in [0.05, 0.1) is 12.6 Å². The molecule has 5 heteroatoms. The van der Waals surface area contributed by atoms with Gasteiger partial charge in [-0.3, -0.25) is 9.89 Å². The maximum absolute atomic E-state index is 10.6. The zero-order chi connectivity index (χ0) is 10.8. The Balaban J connectivity index is 2.36. The van der Waals surface area contributed by atoms with Crippen molar-refractivity contribution in [2.24, 2.45) is 0 Å². The van der Waals surface area contributed by atoms with E-state index in [-0.39, 0.29) is 6.42 Å². The molecule has 2 rings (SSSR count). The second kappa shape index (κ2) is 3.61. The highest BCUT2D eigenvalue weighted by Gasteiger charge is 2.13. The van der Waals surface area contributed by atoms with E-state index in [9.17, 15) is 4.79 Å². The number of aromatic nitrogens is 2. The Bertz CT molecular complexity index is 484. The van der Waals surface area contributed by atoms with Gasteiger partial charge in [0, 0.05) is 5.56 Å². The van der Waals surface area contributed by atoms with Crippen molar-refractivity contribution < 1.29 is 14.3 Å². The number of carboxylic acids is 1. The van der Waals surface area contributed by atoms with E-state index in [2.05, 4.69) is 10.2 Å². The zero-order valence-corrected chi connectivity index (χ0v) is 8.15. The number of H-pyrrole nitrogens is 1. The molecule has 0 fully saturated rings. The molecule has 2 N–H and O–H groups in total. The average molecular weight is 206 g/mol. The predicted octanol–water partition coefficient (Wildman–Crippen LogP) is 1.61. The van der Waals surface area contributed by atoms with E-state index in [0.717, 1.165) is 5.76 Å². The van der Waals surface area contributed by atoms with E-state index in [1.165, 1.54) is 6.20 Å². The molecule has 0 atom stereocenters. The molecule has 0 spiro atoms. The van der Waals surface area contributed by atoms with Crippen molar-refractivity contribution in [3.63, 3.8) is 0 Å². The maximum Gasteiger partial charge on any atom is 0.307 e. The molecule has 0 bridgehead atoms. The summed E-state index contributed by atoms with van der Waals surface area (Å²) in [6, 6.07) is 3.61. The van der Waals surface area contributed by atoms with Gasteiger partial charge >= 0.3 is 5.97 Å². The third kappa shape index (κ3) is 1.90. The van der Waals surface area contributed by atoms with Crippen molar-refractivity contribution in [3.05, 3.63) is 29.7 Å². The molecule has 5 nitrogen and oxygen atoms in total. The van der Waals surface area contributed by atoms with Gasteiger partial charge in [-0.05, 0) is 19.1 Å². The summed E-state index contributed by atoms with van der Waals surface area (Å²) in [5.74, 6) is 0.503. The van der Waals surface area contributed by atoms with Crippen LogP contribution in [-0.2, 0) is 11.2 Å². The smallest absolute Gasteiger partial charge is 0.307 e. The molecule has 0 amide bonds. The number of aryl methyl sites for hydroxylation is 1. The summed E-state index contributed by atoms with van der Waals surface area (Å²) in [6.45, 7) is 1.83. The van der Waals surface area contributed by atoms with Crippen LogP contribution in [0.5, 0.6) is 0 Å². The third-order valence-corrected chi connectivity index (χ3v) is 2.05. The largest absolute Gasteiger partial charge is 0.481 e. The highest BCUT2D eigenvalue weighted by atomic mass is 16.4. The molecule has 2 heterocycles. The van der Waals surface area contributed by atoms with Crippen LogP contribution in [0, 0.1) is 6.92 Å². The lowest BCUT2D eigenvalue weighted by atomic mass is 10.1. The molecule has 0 aliphatic heterocycles. The van der Waals surface area contributed by atoms with E-state index >= 15 is 0 Å². The summed E-state index contributed by atoms with van der Waals surface area (Å²) < 4.78 is 5.39. The van der Waals surface area contributed by atoms with Gasteiger partial charge in [0.25, 0.3) is 0 Å². The molecule has 15 heavy (non-hydrogen) atoms. The van der Waals surface area contributed by atoms with Crippen LogP contribution < -0.4 is 0 Å². The maximum atomic E-state index is 10.6. The number of carboxylic acid groups (broad SMARTS) is 1. The van der Waals surface area contributed by atoms with Crippen LogP contribution in [0.3, 0.4) is 0 Å². The van der Waals surface area contributed by atoms with Crippen molar-refractivity contribution in [1.82, 2.24) is 10.2 Å². The van der Waals surface area contributed by atoms with Gasteiger partial charge in [0.2, 0.25) is 0 Å². The standard InChI is InChI=1S/C10H10N2O3/c1-6-2-3-8(15-6)10-7(4-9(13)14)5-11-12-10/h2-3,5H,4H2,1H3,(H,11,12)(H,13,14). The SMILES string of the molecule is Cc1ccc(-c2[nH]ncc2CC(=O)O)o1. The zero-order valence-electron chi connectivity index (χ0n) is 8.15. The van der Waals surface area contributed by atoms with Crippen LogP contribution in [0.1, 0.15) is 11.3 Å². The first kappa shape index (κ1) is 9.51. The summed E-state index contributed by atoms with van der Waals surface area (Å²) in [7, 11) is 0. The monoisotopic (exact) mass is 206 g/mol.